The molecule has 3 aromatic carbocycles. The average Bonchev–Trinajstić information content (AvgIpc) is 3.54. The smallest absolute Gasteiger partial charge is 0.283 e. The van der Waals surface area contributed by atoms with Gasteiger partial charge in [-0.2, -0.15) is 0 Å². The van der Waals surface area contributed by atoms with Gasteiger partial charge in [0.2, 0.25) is 0 Å². The largest absolute Gasteiger partial charge is 0.495 e. The first-order valence-electron chi connectivity index (χ1n) is 11.7. The Morgan fingerprint density at radius 2 is 1.68 bits per heavy atom. The molecule has 0 aliphatic carbocycles. The summed E-state index contributed by atoms with van der Waals surface area (Å²) in [6.45, 7) is 1.94. The van der Waals surface area contributed by atoms with Crippen molar-refractivity contribution in [3.8, 4) is 5.75 Å². The van der Waals surface area contributed by atoms with Crippen LogP contribution in [0.1, 0.15) is 15.2 Å². The summed E-state index contributed by atoms with van der Waals surface area (Å²) < 4.78 is 5.47. The predicted molar refractivity (Wildman–Crippen MR) is 152 cm³/mol. The number of thiophene rings is 1. The van der Waals surface area contributed by atoms with Gasteiger partial charge in [0.25, 0.3) is 17.7 Å². The maximum absolute atomic E-state index is 13.6. The van der Waals surface area contributed by atoms with Crippen molar-refractivity contribution in [3.05, 3.63) is 111 Å². The van der Waals surface area contributed by atoms with E-state index < -0.39 is 11.8 Å². The Kier molecular flexibility index (Phi) is 7.30. The van der Waals surface area contributed by atoms with Gasteiger partial charge in [-0.05, 0) is 72.5 Å². The third kappa shape index (κ3) is 5.20. The number of nitrogens with zero attached hydrogens (tertiary/aromatic N) is 1. The molecule has 0 bridgehead atoms. The number of hydrogen-bond donors (Lipinski definition) is 2. The zero-order valence-electron chi connectivity index (χ0n) is 20.6. The summed E-state index contributed by atoms with van der Waals surface area (Å²) in [6.07, 6.45) is 0. The van der Waals surface area contributed by atoms with Crippen LogP contribution in [0.3, 0.4) is 0 Å². The van der Waals surface area contributed by atoms with E-state index in [1.807, 2.05) is 42.6 Å². The second-order valence-electron chi connectivity index (χ2n) is 8.37. The highest BCUT2D eigenvalue weighted by Crippen LogP contribution is 2.39. The number of carbonyl (C=O) groups is 3. The van der Waals surface area contributed by atoms with Gasteiger partial charge in [-0.15, -0.1) is 11.3 Å². The Hall–Kier alpha value is -4.34. The first-order chi connectivity index (χ1) is 18.4. The van der Waals surface area contributed by atoms with Crippen LogP contribution in [0, 0.1) is 6.92 Å². The average molecular weight is 542 g/mol. The van der Waals surface area contributed by atoms with Gasteiger partial charge in [-0.3, -0.25) is 14.4 Å². The molecule has 1 aromatic heterocycles. The Bertz CT molecular complexity index is 1530. The van der Waals surface area contributed by atoms with Crippen LogP contribution in [0.5, 0.6) is 5.75 Å². The van der Waals surface area contributed by atoms with Crippen molar-refractivity contribution >= 4 is 57.9 Å². The van der Waals surface area contributed by atoms with E-state index >= 15 is 0 Å². The van der Waals surface area contributed by atoms with Crippen molar-refractivity contribution in [2.24, 2.45) is 0 Å². The summed E-state index contributed by atoms with van der Waals surface area (Å²) >= 11 is 2.55. The molecule has 0 saturated carbocycles. The number of methoxy groups -OCH3 is 1. The molecule has 2 N–H and O–H groups in total. The summed E-state index contributed by atoms with van der Waals surface area (Å²) in [5, 5.41) is 7.88. The van der Waals surface area contributed by atoms with Gasteiger partial charge < -0.3 is 15.4 Å². The molecule has 7 nitrogen and oxygen atoms in total. The minimum Gasteiger partial charge on any atom is -0.495 e. The highest BCUT2D eigenvalue weighted by atomic mass is 32.2. The van der Waals surface area contributed by atoms with Crippen molar-refractivity contribution in [1.82, 2.24) is 0 Å². The lowest BCUT2D eigenvalue weighted by Gasteiger charge is -2.16. The van der Waals surface area contributed by atoms with E-state index in [9.17, 15) is 14.4 Å². The Labute approximate surface area is 228 Å². The molecule has 1 aliphatic rings. The normalized spacial score (nSPS) is 13.2. The van der Waals surface area contributed by atoms with Gasteiger partial charge in [-0.1, -0.05) is 42.1 Å². The number of ether oxygens (including phenoxy) is 1. The lowest BCUT2D eigenvalue weighted by molar-refractivity contribution is -0.120. The van der Waals surface area contributed by atoms with E-state index in [2.05, 4.69) is 10.6 Å². The number of imide groups is 1. The minimum atomic E-state index is -0.452. The number of amides is 3. The number of nitrogens with one attached hydrogen (secondary N) is 2. The molecule has 0 saturated heterocycles. The van der Waals surface area contributed by atoms with Gasteiger partial charge in [0.1, 0.15) is 16.4 Å². The molecule has 5 rings (SSSR count). The maximum atomic E-state index is 13.6. The first kappa shape index (κ1) is 25.3. The molecule has 3 amide bonds. The minimum absolute atomic E-state index is 0.169. The Morgan fingerprint density at radius 1 is 0.921 bits per heavy atom. The highest BCUT2D eigenvalue weighted by Gasteiger charge is 2.40. The van der Waals surface area contributed by atoms with E-state index in [1.165, 1.54) is 28.0 Å². The van der Waals surface area contributed by atoms with E-state index in [1.54, 1.807) is 61.7 Å². The zero-order chi connectivity index (χ0) is 26.6. The summed E-state index contributed by atoms with van der Waals surface area (Å²) in [5.41, 5.74) is 2.84. The molecular formula is C29H23N3O4S2. The molecule has 38 heavy (non-hydrogen) atoms. The fourth-order valence-corrected chi connectivity index (χ4v) is 5.45. The number of carbonyl (C=O) groups excluding carboxylic acids is 3. The molecular weight excluding hydrogens is 518 g/mol. The molecule has 4 aromatic rings. The van der Waals surface area contributed by atoms with Gasteiger partial charge in [0, 0.05) is 10.6 Å². The second-order valence-corrected chi connectivity index (χ2v) is 10.4. The van der Waals surface area contributed by atoms with Crippen molar-refractivity contribution in [3.63, 3.8) is 0 Å². The summed E-state index contributed by atoms with van der Waals surface area (Å²) in [6, 6.07) is 25.1. The number of thioether (sulfide) groups is 1. The van der Waals surface area contributed by atoms with Crippen molar-refractivity contribution in [1.29, 1.82) is 0 Å². The van der Waals surface area contributed by atoms with Gasteiger partial charge >= 0.3 is 0 Å². The van der Waals surface area contributed by atoms with Crippen LogP contribution < -0.4 is 20.3 Å². The SMILES string of the molecule is COc1ccc(C)cc1NC1=C(Sc2ccc(NC(=O)c3cccs3)cc2)C(=O)N(c2ccccc2)C1=O. The predicted octanol–water partition coefficient (Wildman–Crippen LogP) is 6.31. The van der Waals surface area contributed by atoms with Crippen molar-refractivity contribution in [2.45, 2.75) is 11.8 Å². The third-order valence-corrected chi connectivity index (χ3v) is 7.71. The van der Waals surface area contributed by atoms with Crippen molar-refractivity contribution in [2.75, 3.05) is 22.6 Å². The molecule has 0 unspecified atom stereocenters. The van der Waals surface area contributed by atoms with Crippen LogP contribution >= 0.6 is 23.1 Å². The molecule has 0 radical (unpaired) electrons. The number of aryl methyl sites for hydroxylation is 1. The number of benzene rings is 3. The zero-order valence-corrected chi connectivity index (χ0v) is 22.2. The molecule has 190 valence electrons. The molecule has 0 spiro atoms. The van der Waals surface area contributed by atoms with E-state index in [4.69, 9.17) is 4.74 Å². The topological polar surface area (TPSA) is 87.7 Å². The van der Waals surface area contributed by atoms with Gasteiger partial charge in [-0.25, -0.2) is 4.90 Å². The first-order valence-corrected chi connectivity index (χ1v) is 13.4. The van der Waals surface area contributed by atoms with E-state index in [0.717, 1.165) is 10.5 Å². The highest BCUT2D eigenvalue weighted by molar-refractivity contribution is 8.04. The number of para-hydroxylation sites is 1. The quantitative estimate of drug-likeness (QED) is 0.254. The monoisotopic (exact) mass is 541 g/mol. The van der Waals surface area contributed by atoms with Crippen LogP contribution in [-0.2, 0) is 9.59 Å². The number of anilines is 3. The third-order valence-electron chi connectivity index (χ3n) is 5.75. The number of hydrogen-bond acceptors (Lipinski definition) is 7. The maximum Gasteiger partial charge on any atom is 0.283 e. The van der Waals surface area contributed by atoms with Crippen LogP contribution in [0.15, 0.2) is 106 Å². The molecule has 1 aliphatic heterocycles. The van der Waals surface area contributed by atoms with Gasteiger partial charge in [0.05, 0.1) is 23.4 Å². The fourth-order valence-electron chi connectivity index (χ4n) is 3.90. The summed E-state index contributed by atoms with van der Waals surface area (Å²) in [7, 11) is 1.55. The van der Waals surface area contributed by atoms with Crippen molar-refractivity contribution < 1.29 is 19.1 Å². The summed E-state index contributed by atoms with van der Waals surface area (Å²) in [5.74, 6) is -0.504. The Morgan fingerprint density at radius 3 is 2.37 bits per heavy atom. The van der Waals surface area contributed by atoms with E-state index in [-0.39, 0.29) is 16.5 Å². The standard InChI is InChI=1S/C29H23N3O4S2/c1-18-10-15-23(36-2)22(17-18)31-25-26(29(35)32(28(25)34)20-7-4-3-5-8-20)38-21-13-11-19(12-14-21)30-27(33)24-9-6-16-37-24/h3-17,31H,1-2H3,(H,30,33). The van der Waals surface area contributed by atoms with E-state index in [0.29, 0.717) is 27.7 Å². The second kappa shape index (κ2) is 11.0. The van der Waals surface area contributed by atoms with Crippen LogP contribution in [0.25, 0.3) is 0 Å². The lowest BCUT2D eigenvalue weighted by atomic mass is 10.2. The number of rotatable bonds is 8. The van der Waals surface area contributed by atoms with Crippen LogP contribution in [0.2, 0.25) is 0 Å². The Balaban J connectivity index is 1.45. The summed E-state index contributed by atoms with van der Waals surface area (Å²) in [4.78, 5) is 42.3. The fraction of sp³-hybridized carbons (Fsp3) is 0.0690. The van der Waals surface area contributed by atoms with Crippen LogP contribution in [-0.4, -0.2) is 24.8 Å². The van der Waals surface area contributed by atoms with Gasteiger partial charge in [0.15, 0.2) is 0 Å². The molecule has 2 heterocycles. The molecule has 9 heteroatoms. The van der Waals surface area contributed by atoms with Crippen LogP contribution in [0.4, 0.5) is 17.1 Å². The lowest BCUT2D eigenvalue weighted by Crippen LogP contribution is -2.32. The molecule has 0 fully saturated rings. The molecule has 0 atom stereocenters.